The lowest BCUT2D eigenvalue weighted by Crippen LogP contribution is -2.30. The molecule has 24 heavy (non-hydrogen) atoms. The van der Waals surface area contributed by atoms with Gasteiger partial charge in [0, 0.05) is 24.0 Å². The van der Waals surface area contributed by atoms with E-state index in [1.165, 1.54) is 11.1 Å². The van der Waals surface area contributed by atoms with Gasteiger partial charge in [-0.05, 0) is 42.2 Å². The average molecular weight is 317 g/mol. The van der Waals surface area contributed by atoms with Crippen LogP contribution in [0.25, 0.3) is 11.1 Å². The Hall–Kier alpha value is -2.88. The zero-order valence-electron chi connectivity index (χ0n) is 13.6. The number of anilines is 1. The van der Waals surface area contributed by atoms with Gasteiger partial charge in [-0.15, -0.1) is 0 Å². The highest BCUT2D eigenvalue weighted by molar-refractivity contribution is 5.97. The number of nitrogens with one attached hydrogen (secondary N) is 1. The number of aromatic nitrogens is 2. The van der Waals surface area contributed by atoms with Crippen molar-refractivity contribution in [3.8, 4) is 11.1 Å². The number of carbonyl (C=O) groups is 1. The number of carbonyl (C=O) groups excluding carboxylic acids is 1. The average Bonchev–Trinajstić information content (AvgIpc) is 3.24. The Balaban J connectivity index is 1.56. The largest absolute Gasteiger partial charge is 0.312 e. The lowest BCUT2D eigenvalue weighted by atomic mass is 10.0. The second-order valence-corrected chi connectivity index (χ2v) is 6.29. The van der Waals surface area contributed by atoms with Gasteiger partial charge in [-0.2, -0.15) is 5.10 Å². The summed E-state index contributed by atoms with van der Waals surface area (Å²) in [6.45, 7) is 2.81. The number of nitrogens with zero attached hydrogens (tertiary/aromatic N) is 2. The van der Waals surface area contributed by atoms with E-state index in [1.54, 1.807) is 0 Å². The molecule has 0 spiro atoms. The molecule has 4 heteroatoms. The van der Waals surface area contributed by atoms with Gasteiger partial charge in [0.15, 0.2) is 0 Å². The first kappa shape index (κ1) is 14.7. The molecule has 0 radical (unpaired) electrons. The van der Waals surface area contributed by atoms with Gasteiger partial charge in [-0.3, -0.25) is 9.89 Å². The van der Waals surface area contributed by atoms with Crippen LogP contribution in [0.4, 0.5) is 5.69 Å². The third-order valence-electron chi connectivity index (χ3n) is 4.55. The molecule has 1 aromatic heterocycles. The number of fused-ring (bicyclic) bond motifs is 1. The van der Waals surface area contributed by atoms with Crippen molar-refractivity contribution >= 4 is 11.6 Å². The van der Waals surface area contributed by atoms with E-state index >= 15 is 0 Å². The highest BCUT2D eigenvalue weighted by Gasteiger charge is 2.25. The summed E-state index contributed by atoms with van der Waals surface area (Å²) in [7, 11) is 0. The number of aromatic amines is 1. The molecular formula is C20H19N3O. The zero-order chi connectivity index (χ0) is 16.5. The molecule has 1 aliphatic rings. The maximum Gasteiger partial charge on any atom is 0.231 e. The van der Waals surface area contributed by atoms with Crippen LogP contribution in [0, 0.1) is 6.92 Å². The van der Waals surface area contributed by atoms with Crippen LogP contribution >= 0.6 is 0 Å². The van der Waals surface area contributed by atoms with Crippen molar-refractivity contribution in [1.29, 1.82) is 0 Å². The monoisotopic (exact) mass is 317 g/mol. The first-order chi connectivity index (χ1) is 11.7. The number of hydrogen-bond acceptors (Lipinski definition) is 2. The summed E-state index contributed by atoms with van der Waals surface area (Å²) in [5.74, 6) is 0.162. The molecule has 1 aliphatic heterocycles. The molecule has 1 amide bonds. The van der Waals surface area contributed by atoms with Crippen LogP contribution in [0.3, 0.4) is 0 Å². The third-order valence-corrected chi connectivity index (χ3v) is 4.55. The van der Waals surface area contributed by atoms with Crippen LogP contribution in [0.1, 0.15) is 16.7 Å². The van der Waals surface area contributed by atoms with E-state index in [0.717, 1.165) is 35.3 Å². The molecule has 2 aromatic carbocycles. The standard InChI is InChI=1S/C20H19N3O/c1-14-3-2-4-15(9-14)10-20(24)23-8-7-17-11-16(5-6-19(17)23)18-12-21-22-13-18/h2-6,9,11-13H,7-8,10H2,1H3,(H,21,22). The summed E-state index contributed by atoms with van der Waals surface area (Å²) < 4.78 is 0. The lowest BCUT2D eigenvalue weighted by Gasteiger charge is -2.18. The van der Waals surface area contributed by atoms with E-state index < -0.39 is 0 Å². The number of H-pyrrole nitrogens is 1. The van der Waals surface area contributed by atoms with Gasteiger partial charge < -0.3 is 4.90 Å². The van der Waals surface area contributed by atoms with Gasteiger partial charge in [-0.25, -0.2) is 0 Å². The fraction of sp³-hybridized carbons (Fsp3) is 0.200. The Kier molecular flexibility index (Phi) is 3.65. The number of aryl methyl sites for hydroxylation is 1. The highest BCUT2D eigenvalue weighted by atomic mass is 16.2. The molecule has 0 fully saturated rings. The van der Waals surface area contributed by atoms with Gasteiger partial charge in [0.1, 0.15) is 0 Å². The van der Waals surface area contributed by atoms with Crippen molar-refractivity contribution in [3.05, 3.63) is 71.5 Å². The van der Waals surface area contributed by atoms with Crippen molar-refractivity contribution in [2.24, 2.45) is 0 Å². The predicted octanol–water partition coefficient (Wildman–Crippen LogP) is 3.52. The van der Waals surface area contributed by atoms with Crippen LogP contribution < -0.4 is 4.90 Å². The molecule has 0 bridgehead atoms. The second-order valence-electron chi connectivity index (χ2n) is 6.29. The van der Waals surface area contributed by atoms with Crippen LogP contribution in [-0.4, -0.2) is 22.6 Å². The third kappa shape index (κ3) is 2.71. The Morgan fingerprint density at radius 1 is 1.21 bits per heavy atom. The molecule has 4 rings (SSSR count). The van der Waals surface area contributed by atoms with E-state index in [-0.39, 0.29) is 5.91 Å². The van der Waals surface area contributed by atoms with E-state index in [9.17, 15) is 4.79 Å². The minimum absolute atomic E-state index is 0.162. The molecule has 120 valence electrons. The maximum absolute atomic E-state index is 12.7. The van der Waals surface area contributed by atoms with Gasteiger partial charge in [0.25, 0.3) is 0 Å². The van der Waals surface area contributed by atoms with Crippen LogP contribution in [-0.2, 0) is 17.6 Å². The molecule has 0 saturated heterocycles. The first-order valence-corrected chi connectivity index (χ1v) is 8.19. The van der Waals surface area contributed by atoms with Gasteiger partial charge in [0.2, 0.25) is 5.91 Å². The Morgan fingerprint density at radius 3 is 2.92 bits per heavy atom. The minimum atomic E-state index is 0.162. The normalized spacial score (nSPS) is 13.1. The molecular weight excluding hydrogens is 298 g/mol. The summed E-state index contributed by atoms with van der Waals surface area (Å²) in [5.41, 5.74) is 6.74. The summed E-state index contributed by atoms with van der Waals surface area (Å²) in [4.78, 5) is 14.6. The van der Waals surface area contributed by atoms with E-state index in [4.69, 9.17) is 0 Å². The van der Waals surface area contributed by atoms with Crippen molar-refractivity contribution in [2.75, 3.05) is 11.4 Å². The van der Waals surface area contributed by atoms with E-state index in [0.29, 0.717) is 6.42 Å². The summed E-state index contributed by atoms with van der Waals surface area (Å²) in [6, 6.07) is 14.4. The minimum Gasteiger partial charge on any atom is -0.312 e. The van der Waals surface area contributed by atoms with Gasteiger partial charge in [-0.1, -0.05) is 35.9 Å². The molecule has 2 heterocycles. The molecule has 0 unspecified atom stereocenters. The fourth-order valence-corrected chi connectivity index (χ4v) is 3.34. The smallest absolute Gasteiger partial charge is 0.231 e. The van der Waals surface area contributed by atoms with Crippen LogP contribution in [0.15, 0.2) is 54.9 Å². The van der Waals surface area contributed by atoms with E-state index in [1.807, 2.05) is 29.4 Å². The van der Waals surface area contributed by atoms with Crippen LogP contribution in [0.2, 0.25) is 0 Å². The highest BCUT2D eigenvalue weighted by Crippen LogP contribution is 2.32. The quantitative estimate of drug-likeness (QED) is 0.803. The molecule has 0 aliphatic carbocycles. The van der Waals surface area contributed by atoms with Crippen molar-refractivity contribution in [3.63, 3.8) is 0 Å². The number of benzene rings is 2. The fourth-order valence-electron chi connectivity index (χ4n) is 3.34. The topological polar surface area (TPSA) is 49.0 Å². The SMILES string of the molecule is Cc1cccc(CC(=O)N2CCc3cc(-c4cn[nH]c4)ccc32)c1. The Bertz CT molecular complexity index is 884. The Labute approximate surface area is 141 Å². The molecule has 0 atom stereocenters. The number of hydrogen-bond donors (Lipinski definition) is 1. The van der Waals surface area contributed by atoms with E-state index in [2.05, 4.69) is 47.5 Å². The summed E-state index contributed by atoms with van der Waals surface area (Å²) in [6.07, 6.45) is 5.06. The zero-order valence-corrected chi connectivity index (χ0v) is 13.6. The molecule has 3 aromatic rings. The maximum atomic E-state index is 12.7. The van der Waals surface area contributed by atoms with Crippen molar-refractivity contribution in [2.45, 2.75) is 19.8 Å². The Morgan fingerprint density at radius 2 is 2.12 bits per heavy atom. The van der Waals surface area contributed by atoms with Crippen molar-refractivity contribution in [1.82, 2.24) is 10.2 Å². The first-order valence-electron chi connectivity index (χ1n) is 8.19. The second kappa shape index (κ2) is 5.96. The summed E-state index contributed by atoms with van der Waals surface area (Å²) >= 11 is 0. The number of amides is 1. The predicted molar refractivity (Wildman–Crippen MR) is 95.0 cm³/mol. The van der Waals surface area contributed by atoms with Gasteiger partial charge in [0.05, 0.1) is 12.6 Å². The molecule has 1 N–H and O–H groups in total. The molecule has 4 nitrogen and oxygen atoms in total. The van der Waals surface area contributed by atoms with Crippen molar-refractivity contribution < 1.29 is 4.79 Å². The lowest BCUT2D eigenvalue weighted by molar-refractivity contribution is -0.117. The summed E-state index contributed by atoms with van der Waals surface area (Å²) in [5, 5.41) is 6.84. The van der Waals surface area contributed by atoms with Gasteiger partial charge >= 0.3 is 0 Å². The number of rotatable bonds is 3. The van der Waals surface area contributed by atoms with Crippen LogP contribution in [0.5, 0.6) is 0 Å². The molecule has 0 saturated carbocycles.